The van der Waals surface area contributed by atoms with Crippen molar-refractivity contribution in [1.29, 1.82) is 0 Å². The second-order valence-corrected chi connectivity index (χ2v) is 9.77. The molecule has 0 radical (unpaired) electrons. The Kier molecular flexibility index (Phi) is 6.87. The Morgan fingerprint density at radius 3 is 2.68 bits per heavy atom. The van der Waals surface area contributed by atoms with Gasteiger partial charge in [0.2, 0.25) is 5.91 Å². The normalized spacial score (nSPS) is 14.5. The topological polar surface area (TPSA) is 157 Å². The van der Waals surface area contributed by atoms with E-state index in [1.807, 2.05) is 24.3 Å². The van der Waals surface area contributed by atoms with Crippen LogP contribution in [0.1, 0.15) is 63.2 Å². The Hall–Kier alpha value is -4.25. The van der Waals surface area contributed by atoms with E-state index < -0.39 is 17.9 Å². The molecule has 0 spiro atoms. The zero-order valence-electron chi connectivity index (χ0n) is 19.9. The van der Waals surface area contributed by atoms with Crippen LogP contribution >= 0.6 is 11.5 Å². The highest BCUT2D eigenvalue weighted by atomic mass is 32.1. The van der Waals surface area contributed by atoms with Crippen LogP contribution in [0.4, 0.5) is 5.69 Å². The lowest BCUT2D eigenvalue weighted by Crippen LogP contribution is -2.45. The number of primary amides is 1. The summed E-state index contributed by atoms with van der Waals surface area (Å²) in [6.45, 7) is -0.0110. The predicted octanol–water partition coefficient (Wildman–Crippen LogP) is 3.41. The molecule has 10 nitrogen and oxygen atoms in total. The molecule has 0 bridgehead atoms. The molecule has 1 fully saturated rings. The lowest BCUT2D eigenvalue weighted by molar-refractivity contribution is -0.126. The van der Waals surface area contributed by atoms with Crippen LogP contribution in [0.2, 0.25) is 0 Å². The summed E-state index contributed by atoms with van der Waals surface area (Å²) >= 11 is 0.774. The molecule has 5 N–H and O–H groups in total. The van der Waals surface area contributed by atoms with Crippen molar-refractivity contribution in [2.75, 3.05) is 5.73 Å². The number of nitrogen functional groups attached to an aromatic ring is 1. The molecule has 3 heterocycles. The van der Waals surface area contributed by atoms with Crippen molar-refractivity contribution in [2.45, 2.75) is 44.3 Å². The molecule has 3 amide bonds. The number of fused-ring (bicyclic) bond motifs is 1. The van der Waals surface area contributed by atoms with Gasteiger partial charge in [-0.25, -0.2) is 0 Å². The van der Waals surface area contributed by atoms with Gasteiger partial charge < -0.3 is 26.1 Å². The van der Waals surface area contributed by atoms with E-state index in [1.165, 1.54) is 11.2 Å². The standard InChI is InChI=1S/C26H26N6O4S/c27-20-21(24(28)33)31-37-23(20)26(35)32(14-18-8-4-12-36-18)22(25(34)30-17-6-1-2-7-17)16-9-10-19-15(13-16)5-3-11-29-19/h3-5,8-13,17,22H,1-2,6-7,14,27H2,(H2,28,33)(H,30,34)/t22-/m1/s1. The number of carbonyl (C=O) groups is 3. The lowest BCUT2D eigenvalue weighted by atomic mass is 10.0. The molecule has 4 aromatic rings. The number of pyridine rings is 1. The molecule has 11 heteroatoms. The number of nitrogens with zero attached hydrogens (tertiary/aromatic N) is 3. The van der Waals surface area contributed by atoms with Crippen molar-refractivity contribution in [3.63, 3.8) is 0 Å². The first-order valence-corrected chi connectivity index (χ1v) is 12.7. The van der Waals surface area contributed by atoms with Crippen molar-refractivity contribution < 1.29 is 18.8 Å². The fourth-order valence-electron chi connectivity index (χ4n) is 4.70. The van der Waals surface area contributed by atoms with Gasteiger partial charge >= 0.3 is 0 Å². The number of hydrogen-bond donors (Lipinski definition) is 3. The Morgan fingerprint density at radius 1 is 1.16 bits per heavy atom. The van der Waals surface area contributed by atoms with Gasteiger partial charge in [0.15, 0.2) is 5.69 Å². The van der Waals surface area contributed by atoms with Crippen LogP contribution in [0, 0.1) is 0 Å². The maximum Gasteiger partial charge on any atom is 0.270 e. The van der Waals surface area contributed by atoms with Gasteiger partial charge in [0.25, 0.3) is 11.8 Å². The zero-order valence-corrected chi connectivity index (χ0v) is 20.7. The third kappa shape index (κ3) is 5.03. The number of aromatic nitrogens is 2. The Bertz CT molecular complexity index is 1440. The fraction of sp³-hybridized carbons (Fsp3) is 0.269. The quantitative estimate of drug-likeness (QED) is 0.322. The van der Waals surface area contributed by atoms with E-state index in [1.54, 1.807) is 24.4 Å². The third-order valence-electron chi connectivity index (χ3n) is 6.53. The number of furan rings is 1. The smallest absolute Gasteiger partial charge is 0.270 e. The van der Waals surface area contributed by atoms with E-state index in [0.29, 0.717) is 11.3 Å². The monoisotopic (exact) mass is 518 g/mol. The summed E-state index contributed by atoms with van der Waals surface area (Å²) in [5.41, 5.74) is 12.6. The molecular weight excluding hydrogens is 492 g/mol. The van der Waals surface area contributed by atoms with Crippen molar-refractivity contribution in [1.82, 2.24) is 19.6 Å². The summed E-state index contributed by atoms with van der Waals surface area (Å²) < 4.78 is 9.52. The van der Waals surface area contributed by atoms with Gasteiger partial charge in [0.05, 0.1) is 24.0 Å². The van der Waals surface area contributed by atoms with Gasteiger partial charge in [0.1, 0.15) is 16.7 Å². The molecule has 1 aromatic carbocycles. The van der Waals surface area contributed by atoms with Crippen molar-refractivity contribution in [3.8, 4) is 0 Å². The van der Waals surface area contributed by atoms with Crippen molar-refractivity contribution in [3.05, 3.63) is 76.8 Å². The summed E-state index contributed by atoms with van der Waals surface area (Å²) in [5, 5.41) is 3.96. The average Bonchev–Trinajstić information content (AvgIpc) is 3.66. The minimum absolute atomic E-state index is 0.0110. The van der Waals surface area contributed by atoms with Gasteiger partial charge in [-0.1, -0.05) is 25.0 Å². The average molecular weight is 519 g/mol. The van der Waals surface area contributed by atoms with Crippen LogP contribution in [0.3, 0.4) is 0 Å². The Morgan fingerprint density at radius 2 is 1.97 bits per heavy atom. The number of benzene rings is 1. The third-order valence-corrected chi connectivity index (χ3v) is 7.38. The maximum absolute atomic E-state index is 14.0. The zero-order chi connectivity index (χ0) is 25.9. The molecule has 1 saturated carbocycles. The van der Waals surface area contributed by atoms with Gasteiger partial charge in [-0.3, -0.25) is 19.4 Å². The summed E-state index contributed by atoms with van der Waals surface area (Å²) in [6, 6.07) is 11.6. The van der Waals surface area contributed by atoms with Crippen molar-refractivity contribution in [2.24, 2.45) is 5.73 Å². The molecule has 0 saturated heterocycles. The first-order chi connectivity index (χ1) is 17.9. The highest BCUT2D eigenvalue weighted by Crippen LogP contribution is 2.32. The SMILES string of the molecule is NC(=O)c1nsc(C(=O)N(Cc2ccco2)[C@@H](C(=O)NC2CCCC2)c2ccc3ncccc3c2)c1N. The molecule has 5 rings (SSSR count). The van der Waals surface area contributed by atoms with E-state index in [0.717, 1.165) is 48.1 Å². The molecule has 3 aromatic heterocycles. The van der Waals surface area contributed by atoms with Crippen molar-refractivity contribution >= 4 is 45.8 Å². The van der Waals surface area contributed by atoms with Crippen LogP contribution in [-0.4, -0.2) is 38.0 Å². The maximum atomic E-state index is 14.0. The van der Waals surface area contributed by atoms with Crippen LogP contribution in [0.5, 0.6) is 0 Å². The molecule has 1 aliphatic carbocycles. The predicted molar refractivity (Wildman–Crippen MR) is 139 cm³/mol. The molecule has 190 valence electrons. The molecule has 37 heavy (non-hydrogen) atoms. The van der Waals surface area contributed by atoms with Gasteiger partial charge in [0, 0.05) is 17.6 Å². The molecular formula is C26H26N6O4S. The second kappa shape index (κ2) is 10.4. The van der Waals surface area contributed by atoms with E-state index in [9.17, 15) is 14.4 Å². The minimum Gasteiger partial charge on any atom is -0.467 e. The number of rotatable bonds is 8. The summed E-state index contributed by atoms with van der Waals surface area (Å²) in [5.74, 6) is -1.22. The molecule has 1 aliphatic rings. The van der Waals surface area contributed by atoms with Crippen LogP contribution in [0.15, 0.2) is 59.3 Å². The largest absolute Gasteiger partial charge is 0.467 e. The first kappa shape index (κ1) is 24.4. The first-order valence-electron chi connectivity index (χ1n) is 12.0. The number of nitrogens with two attached hydrogens (primary N) is 2. The Labute approximate surface area is 216 Å². The highest BCUT2D eigenvalue weighted by Gasteiger charge is 2.36. The number of nitrogens with one attached hydrogen (secondary N) is 1. The molecule has 1 atom stereocenters. The Balaban J connectivity index is 1.61. The van der Waals surface area contributed by atoms with E-state index in [2.05, 4.69) is 14.7 Å². The van der Waals surface area contributed by atoms with Gasteiger partial charge in [-0.05, 0) is 60.3 Å². The molecule has 0 aliphatic heterocycles. The number of hydrogen-bond acceptors (Lipinski definition) is 8. The lowest BCUT2D eigenvalue weighted by Gasteiger charge is -2.31. The number of amides is 3. The van der Waals surface area contributed by atoms with Crippen LogP contribution < -0.4 is 16.8 Å². The summed E-state index contributed by atoms with van der Waals surface area (Å²) in [4.78, 5) is 45.4. The number of carbonyl (C=O) groups excluding carboxylic acids is 3. The number of anilines is 1. The van der Waals surface area contributed by atoms with Gasteiger partial charge in [-0.2, -0.15) is 4.37 Å². The van der Waals surface area contributed by atoms with E-state index in [4.69, 9.17) is 15.9 Å². The fourth-order valence-corrected chi connectivity index (χ4v) is 5.46. The highest BCUT2D eigenvalue weighted by molar-refractivity contribution is 7.09. The van der Waals surface area contributed by atoms with E-state index >= 15 is 0 Å². The second-order valence-electron chi connectivity index (χ2n) is 9.00. The minimum atomic E-state index is -1.01. The molecule has 0 unspecified atom stereocenters. The van der Waals surface area contributed by atoms with Gasteiger partial charge in [-0.15, -0.1) is 0 Å². The van der Waals surface area contributed by atoms with E-state index in [-0.39, 0.29) is 34.8 Å². The summed E-state index contributed by atoms with van der Waals surface area (Å²) in [6.07, 6.45) is 7.05. The summed E-state index contributed by atoms with van der Waals surface area (Å²) in [7, 11) is 0. The van der Waals surface area contributed by atoms with Crippen LogP contribution in [-0.2, 0) is 11.3 Å². The van der Waals surface area contributed by atoms with Crippen LogP contribution in [0.25, 0.3) is 10.9 Å².